The van der Waals surface area contributed by atoms with E-state index in [-0.39, 0.29) is 11.8 Å². The highest BCUT2D eigenvalue weighted by Gasteiger charge is 2.13. The van der Waals surface area contributed by atoms with E-state index in [1.54, 1.807) is 0 Å². The molecule has 0 amide bonds. The maximum atomic E-state index is 11.1. The van der Waals surface area contributed by atoms with E-state index in [4.69, 9.17) is 0 Å². The van der Waals surface area contributed by atoms with Crippen LogP contribution in [-0.4, -0.2) is 36.7 Å². The number of hydrogen-bond donors (Lipinski definition) is 2. The van der Waals surface area contributed by atoms with Crippen molar-refractivity contribution in [3.05, 3.63) is 11.3 Å². The SMILES string of the molecule is CCc1[nH]nc(NC(C)CS(C)(=O)=O)c1C. The Morgan fingerprint density at radius 3 is 2.56 bits per heavy atom. The molecule has 6 heteroatoms. The molecule has 0 saturated carbocycles. The van der Waals surface area contributed by atoms with Crippen molar-refractivity contribution in [2.24, 2.45) is 0 Å². The number of sulfone groups is 1. The van der Waals surface area contributed by atoms with Gasteiger partial charge in [0, 0.05) is 23.6 Å². The maximum Gasteiger partial charge on any atom is 0.151 e. The van der Waals surface area contributed by atoms with Gasteiger partial charge in [0.15, 0.2) is 5.82 Å². The second kappa shape index (κ2) is 4.86. The van der Waals surface area contributed by atoms with E-state index in [9.17, 15) is 8.42 Å². The van der Waals surface area contributed by atoms with Crippen LogP contribution in [-0.2, 0) is 16.3 Å². The summed E-state index contributed by atoms with van der Waals surface area (Å²) < 4.78 is 22.2. The monoisotopic (exact) mass is 245 g/mol. The predicted octanol–water partition coefficient (Wildman–Crippen LogP) is 1.13. The third-order valence-electron chi connectivity index (χ3n) is 2.40. The lowest BCUT2D eigenvalue weighted by Gasteiger charge is -2.12. The van der Waals surface area contributed by atoms with Gasteiger partial charge < -0.3 is 5.32 Å². The summed E-state index contributed by atoms with van der Waals surface area (Å²) >= 11 is 0. The van der Waals surface area contributed by atoms with E-state index in [1.165, 1.54) is 6.26 Å². The molecule has 5 nitrogen and oxygen atoms in total. The van der Waals surface area contributed by atoms with Gasteiger partial charge in [-0.05, 0) is 20.3 Å². The molecule has 0 aromatic carbocycles. The molecule has 0 fully saturated rings. The largest absolute Gasteiger partial charge is 0.365 e. The molecule has 0 saturated heterocycles. The molecule has 0 aliphatic rings. The zero-order valence-corrected chi connectivity index (χ0v) is 11.0. The quantitative estimate of drug-likeness (QED) is 0.815. The van der Waals surface area contributed by atoms with E-state index in [0.29, 0.717) is 0 Å². The number of aryl methyl sites for hydroxylation is 1. The highest BCUT2D eigenvalue weighted by atomic mass is 32.2. The van der Waals surface area contributed by atoms with E-state index in [2.05, 4.69) is 15.5 Å². The lowest BCUT2D eigenvalue weighted by Crippen LogP contribution is -2.25. The van der Waals surface area contributed by atoms with Gasteiger partial charge in [-0.3, -0.25) is 5.10 Å². The molecule has 0 radical (unpaired) electrons. The molecular formula is C10H19N3O2S. The van der Waals surface area contributed by atoms with Crippen molar-refractivity contribution in [3.8, 4) is 0 Å². The molecule has 1 unspecified atom stereocenters. The van der Waals surface area contributed by atoms with Gasteiger partial charge in [0.1, 0.15) is 9.84 Å². The Morgan fingerprint density at radius 1 is 1.50 bits per heavy atom. The van der Waals surface area contributed by atoms with Crippen LogP contribution in [0.25, 0.3) is 0 Å². The summed E-state index contributed by atoms with van der Waals surface area (Å²) in [7, 11) is -2.96. The number of H-pyrrole nitrogens is 1. The van der Waals surface area contributed by atoms with Crippen LogP contribution in [0.15, 0.2) is 0 Å². The van der Waals surface area contributed by atoms with Crippen molar-refractivity contribution in [2.75, 3.05) is 17.3 Å². The summed E-state index contributed by atoms with van der Waals surface area (Å²) in [6.07, 6.45) is 2.13. The summed E-state index contributed by atoms with van der Waals surface area (Å²) in [5.41, 5.74) is 2.14. The van der Waals surface area contributed by atoms with Gasteiger partial charge in [0.2, 0.25) is 0 Å². The van der Waals surface area contributed by atoms with E-state index < -0.39 is 9.84 Å². The molecule has 0 bridgehead atoms. The fourth-order valence-corrected chi connectivity index (χ4v) is 2.64. The Bertz CT molecular complexity index is 451. The average Bonchev–Trinajstić information content (AvgIpc) is 2.44. The predicted molar refractivity (Wildman–Crippen MR) is 65.5 cm³/mol. The zero-order valence-electron chi connectivity index (χ0n) is 10.2. The fraction of sp³-hybridized carbons (Fsp3) is 0.700. The van der Waals surface area contributed by atoms with Gasteiger partial charge in [-0.2, -0.15) is 5.10 Å². The van der Waals surface area contributed by atoms with E-state index in [0.717, 1.165) is 23.5 Å². The van der Waals surface area contributed by atoms with Crippen molar-refractivity contribution < 1.29 is 8.42 Å². The second-order valence-corrected chi connectivity index (χ2v) is 6.35. The van der Waals surface area contributed by atoms with Crippen molar-refractivity contribution in [1.82, 2.24) is 10.2 Å². The van der Waals surface area contributed by atoms with Crippen molar-refractivity contribution in [2.45, 2.75) is 33.2 Å². The summed E-state index contributed by atoms with van der Waals surface area (Å²) in [4.78, 5) is 0. The number of nitrogens with one attached hydrogen (secondary N) is 2. The summed E-state index contributed by atoms with van der Waals surface area (Å²) in [5, 5.41) is 10.2. The minimum Gasteiger partial charge on any atom is -0.365 e. The molecule has 1 aromatic rings. The Labute approximate surface area is 96.6 Å². The number of aromatic amines is 1. The molecule has 2 N–H and O–H groups in total. The van der Waals surface area contributed by atoms with Gasteiger partial charge in [-0.1, -0.05) is 6.92 Å². The molecule has 16 heavy (non-hydrogen) atoms. The van der Waals surface area contributed by atoms with Crippen LogP contribution in [0, 0.1) is 6.92 Å². The topological polar surface area (TPSA) is 74.8 Å². The van der Waals surface area contributed by atoms with E-state index in [1.807, 2.05) is 20.8 Å². The smallest absolute Gasteiger partial charge is 0.151 e. The van der Waals surface area contributed by atoms with Gasteiger partial charge in [0.25, 0.3) is 0 Å². The van der Waals surface area contributed by atoms with Crippen LogP contribution in [0.1, 0.15) is 25.1 Å². The molecule has 0 aliphatic carbocycles. The van der Waals surface area contributed by atoms with Crippen LogP contribution in [0.3, 0.4) is 0 Å². The normalized spacial score (nSPS) is 13.8. The van der Waals surface area contributed by atoms with Crippen LogP contribution < -0.4 is 5.32 Å². The van der Waals surface area contributed by atoms with Gasteiger partial charge in [-0.25, -0.2) is 8.42 Å². The average molecular weight is 245 g/mol. The van der Waals surface area contributed by atoms with Crippen molar-refractivity contribution in [1.29, 1.82) is 0 Å². The number of rotatable bonds is 5. The summed E-state index contributed by atoms with van der Waals surface area (Å²) in [5.74, 6) is 0.855. The third kappa shape index (κ3) is 3.52. The first kappa shape index (κ1) is 13.0. The molecule has 0 aliphatic heterocycles. The number of aromatic nitrogens is 2. The van der Waals surface area contributed by atoms with Crippen LogP contribution in [0.2, 0.25) is 0 Å². The standard InChI is InChI=1S/C10H19N3O2S/c1-5-9-8(3)10(13-12-9)11-7(2)6-16(4,14)15/h7H,5-6H2,1-4H3,(H2,11,12,13). The third-order valence-corrected chi connectivity index (χ3v) is 3.51. The zero-order chi connectivity index (χ0) is 12.3. The minimum absolute atomic E-state index is 0.112. The molecular weight excluding hydrogens is 226 g/mol. The van der Waals surface area contributed by atoms with Crippen LogP contribution in [0.4, 0.5) is 5.82 Å². The number of anilines is 1. The Balaban J connectivity index is 2.70. The van der Waals surface area contributed by atoms with E-state index >= 15 is 0 Å². The first-order chi connectivity index (χ1) is 7.33. The van der Waals surface area contributed by atoms with Gasteiger partial charge in [0.05, 0.1) is 5.75 Å². The highest BCUT2D eigenvalue weighted by molar-refractivity contribution is 7.90. The summed E-state index contributed by atoms with van der Waals surface area (Å²) in [6.45, 7) is 5.85. The van der Waals surface area contributed by atoms with Crippen LogP contribution >= 0.6 is 0 Å². The highest BCUT2D eigenvalue weighted by Crippen LogP contribution is 2.16. The Morgan fingerprint density at radius 2 is 2.12 bits per heavy atom. The first-order valence-electron chi connectivity index (χ1n) is 5.31. The molecule has 0 spiro atoms. The van der Waals surface area contributed by atoms with Crippen molar-refractivity contribution in [3.63, 3.8) is 0 Å². The number of nitrogens with zero attached hydrogens (tertiary/aromatic N) is 1. The van der Waals surface area contributed by atoms with Gasteiger partial charge in [-0.15, -0.1) is 0 Å². The summed E-state index contributed by atoms with van der Waals surface area (Å²) in [6, 6.07) is -0.137. The molecule has 92 valence electrons. The Hall–Kier alpha value is -1.04. The minimum atomic E-state index is -2.96. The molecule has 1 rings (SSSR count). The molecule has 1 heterocycles. The first-order valence-corrected chi connectivity index (χ1v) is 7.37. The maximum absolute atomic E-state index is 11.1. The second-order valence-electron chi connectivity index (χ2n) is 4.17. The lowest BCUT2D eigenvalue weighted by molar-refractivity contribution is 0.598. The number of hydrogen-bond acceptors (Lipinski definition) is 4. The fourth-order valence-electron chi connectivity index (χ4n) is 1.65. The molecule has 1 atom stereocenters. The lowest BCUT2D eigenvalue weighted by atomic mass is 10.2. The van der Waals surface area contributed by atoms with Crippen LogP contribution in [0.5, 0.6) is 0 Å². The molecule has 1 aromatic heterocycles. The Kier molecular flexibility index (Phi) is 3.96. The van der Waals surface area contributed by atoms with Crippen molar-refractivity contribution >= 4 is 15.7 Å². The van der Waals surface area contributed by atoms with Gasteiger partial charge >= 0.3 is 0 Å².